The number of rotatable bonds is 6. The zero-order valence-electron chi connectivity index (χ0n) is 9.55. The van der Waals surface area contributed by atoms with Gasteiger partial charge in [-0.1, -0.05) is 19.8 Å². The van der Waals surface area contributed by atoms with Crippen LogP contribution >= 0.6 is 0 Å². The minimum absolute atomic E-state index is 0.0961. The van der Waals surface area contributed by atoms with Crippen molar-refractivity contribution >= 4 is 20.3 Å². The van der Waals surface area contributed by atoms with E-state index in [1.165, 1.54) is 0 Å². The first-order chi connectivity index (χ1) is 7.12. The maximum atomic E-state index is 10.3. The molecule has 0 spiro atoms. The maximum absolute atomic E-state index is 10.3. The average Bonchev–Trinajstić information content (AvgIpc) is 2.01. The van der Waals surface area contributed by atoms with Gasteiger partial charge in [0.15, 0.2) is 0 Å². The van der Waals surface area contributed by atoms with Crippen LogP contribution in [0.3, 0.4) is 0 Å². The molecule has 0 fully saturated rings. The number of hydrogen-bond acceptors (Lipinski definition) is 5. The number of nitrogens with two attached hydrogens (primary N) is 2. The summed E-state index contributed by atoms with van der Waals surface area (Å²) in [6, 6.07) is 0. The molecule has 0 radical (unpaired) electrons. The molecular weight excluding hydrogens is 256 g/mol. The number of hydrogen-bond donors (Lipinski definition) is 2. The molecule has 0 saturated heterocycles. The Hall–Kier alpha value is -0.220. The summed E-state index contributed by atoms with van der Waals surface area (Å²) in [6.07, 6.45) is 2.65. The van der Waals surface area contributed by atoms with Gasteiger partial charge in [-0.3, -0.25) is 4.18 Å². The van der Waals surface area contributed by atoms with Crippen molar-refractivity contribution in [2.75, 3.05) is 12.4 Å². The molecule has 0 saturated carbocycles. The highest BCUT2D eigenvalue weighted by Gasteiger charge is 1.99. The van der Waals surface area contributed by atoms with E-state index in [9.17, 15) is 16.8 Å². The van der Waals surface area contributed by atoms with Crippen LogP contribution in [0.1, 0.15) is 33.1 Å². The first kappa shape index (κ1) is 18.2. The van der Waals surface area contributed by atoms with Gasteiger partial charge in [-0.25, -0.2) is 18.7 Å². The van der Waals surface area contributed by atoms with Crippen molar-refractivity contribution in [1.82, 2.24) is 0 Å². The van der Waals surface area contributed by atoms with Gasteiger partial charge in [0, 0.05) is 0 Å². The van der Waals surface area contributed by atoms with Gasteiger partial charge < -0.3 is 0 Å². The Bertz CT molecular complexity index is 349. The predicted octanol–water partition coefficient (Wildman–Crippen LogP) is -0.308. The van der Waals surface area contributed by atoms with Crippen LogP contribution in [0.15, 0.2) is 0 Å². The third kappa shape index (κ3) is 23.5. The molecule has 0 amide bonds. The van der Waals surface area contributed by atoms with E-state index < -0.39 is 20.3 Å². The molecule has 0 aliphatic carbocycles. The van der Waals surface area contributed by atoms with E-state index in [1.54, 1.807) is 6.92 Å². The molecule has 0 aliphatic heterocycles. The van der Waals surface area contributed by atoms with Gasteiger partial charge in [0.25, 0.3) is 0 Å². The van der Waals surface area contributed by atoms with Gasteiger partial charge in [0.1, 0.15) is 0 Å². The number of unbranched alkanes of at least 4 members (excludes halogenated alkanes) is 2. The second kappa shape index (κ2) is 8.88. The quantitative estimate of drug-likeness (QED) is 0.643. The maximum Gasteiger partial charge on any atom is 0.333 e. The molecule has 0 rings (SSSR count). The van der Waals surface area contributed by atoms with Crippen LogP contribution in [0.4, 0.5) is 0 Å². The minimum Gasteiger partial charge on any atom is -0.259 e. The van der Waals surface area contributed by atoms with E-state index in [1.807, 2.05) is 6.92 Å². The van der Waals surface area contributed by atoms with Crippen LogP contribution in [0, 0.1) is 0 Å². The molecule has 0 unspecified atom stereocenters. The third-order valence-electron chi connectivity index (χ3n) is 1.31. The largest absolute Gasteiger partial charge is 0.333 e. The molecule has 16 heavy (non-hydrogen) atoms. The normalized spacial score (nSPS) is 11.8. The highest BCUT2D eigenvalue weighted by atomic mass is 32.2. The molecule has 7 nitrogen and oxygen atoms in total. The first-order valence-corrected chi connectivity index (χ1v) is 7.98. The van der Waals surface area contributed by atoms with Gasteiger partial charge in [0.2, 0.25) is 10.0 Å². The lowest BCUT2D eigenvalue weighted by Crippen LogP contribution is -2.16. The zero-order chi connectivity index (χ0) is 13.2. The Kier molecular flexibility index (Phi) is 10.1. The van der Waals surface area contributed by atoms with Crippen LogP contribution in [0.5, 0.6) is 0 Å². The fourth-order valence-electron chi connectivity index (χ4n) is 0.718. The van der Waals surface area contributed by atoms with Crippen molar-refractivity contribution in [3.63, 3.8) is 0 Å². The summed E-state index contributed by atoms with van der Waals surface area (Å²) in [5, 5.41) is 9.14. The lowest BCUT2D eigenvalue weighted by molar-refractivity contribution is 0.339. The van der Waals surface area contributed by atoms with Crippen molar-refractivity contribution in [3.05, 3.63) is 0 Å². The van der Waals surface area contributed by atoms with Crippen molar-refractivity contribution in [3.8, 4) is 0 Å². The predicted molar refractivity (Wildman–Crippen MR) is 62.2 cm³/mol. The van der Waals surface area contributed by atoms with E-state index in [4.69, 9.17) is 5.14 Å². The monoisotopic (exact) mass is 276 g/mol. The summed E-state index contributed by atoms with van der Waals surface area (Å²) in [5.74, 6) is 0.126. The van der Waals surface area contributed by atoms with Crippen LogP contribution in [0.2, 0.25) is 0 Å². The van der Waals surface area contributed by atoms with Gasteiger partial charge >= 0.3 is 10.3 Å². The van der Waals surface area contributed by atoms with Gasteiger partial charge in [-0.2, -0.15) is 8.42 Å². The minimum atomic E-state index is -3.67. The molecule has 0 atom stereocenters. The second-order valence-corrected chi connectivity index (χ2v) is 5.93. The highest BCUT2D eigenvalue weighted by Crippen LogP contribution is 1.94. The Morgan fingerprint density at radius 2 is 1.50 bits per heavy atom. The third-order valence-corrected chi connectivity index (χ3v) is 2.74. The van der Waals surface area contributed by atoms with E-state index in [2.05, 4.69) is 9.32 Å². The summed E-state index contributed by atoms with van der Waals surface area (Å²) in [5.41, 5.74) is 0. The van der Waals surface area contributed by atoms with Crippen LogP contribution in [-0.4, -0.2) is 29.2 Å². The van der Waals surface area contributed by atoms with Gasteiger partial charge in [-0.05, 0) is 13.3 Å². The van der Waals surface area contributed by atoms with E-state index >= 15 is 0 Å². The molecule has 100 valence electrons. The molecule has 0 aliphatic rings. The van der Waals surface area contributed by atoms with Gasteiger partial charge in [0.05, 0.1) is 12.4 Å². The molecular formula is C7H20N2O5S2. The Morgan fingerprint density at radius 3 is 1.69 bits per heavy atom. The highest BCUT2D eigenvalue weighted by molar-refractivity contribution is 7.89. The summed E-state index contributed by atoms with van der Waals surface area (Å²) in [6.45, 7) is 3.66. The van der Waals surface area contributed by atoms with Crippen LogP contribution < -0.4 is 10.3 Å². The molecule has 0 aromatic rings. The lowest BCUT2D eigenvalue weighted by atomic mass is 10.3. The Morgan fingerprint density at radius 1 is 1.00 bits per heavy atom. The van der Waals surface area contributed by atoms with Crippen LogP contribution in [-0.2, 0) is 24.5 Å². The van der Waals surface area contributed by atoms with E-state index in [0.29, 0.717) is 6.42 Å². The van der Waals surface area contributed by atoms with Crippen molar-refractivity contribution < 1.29 is 21.0 Å². The molecule has 0 bridgehead atoms. The molecule has 0 aromatic carbocycles. The van der Waals surface area contributed by atoms with Crippen LogP contribution in [0.25, 0.3) is 0 Å². The van der Waals surface area contributed by atoms with Crippen molar-refractivity contribution in [2.24, 2.45) is 10.3 Å². The van der Waals surface area contributed by atoms with Gasteiger partial charge in [-0.15, -0.1) is 0 Å². The SMILES string of the molecule is CCCCCS(N)(=O)=O.CCOS(N)(=O)=O. The molecule has 4 N–H and O–H groups in total. The fourth-order valence-corrected chi connectivity index (χ4v) is 1.65. The van der Waals surface area contributed by atoms with Crippen molar-refractivity contribution in [2.45, 2.75) is 33.1 Å². The molecule has 9 heteroatoms. The standard InChI is InChI=1S/C5H13NO2S.C2H7NO3S/c1-2-3-4-5-9(6,7)8;1-2-6-7(3,4)5/h2-5H2,1H3,(H2,6,7,8);2H2,1H3,(H2,3,4,5). The smallest absolute Gasteiger partial charge is 0.259 e. The topological polar surface area (TPSA) is 130 Å². The average molecular weight is 276 g/mol. The fraction of sp³-hybridized carbons (Fsp3) is 1.00. The molecule has 0 aromatic heterocycles. The second-order valence-electron chi connectivity index (χ2n) is 2.97. The summed E-state index contributed by atoms with van der Waals surface area (Å²) < 4.78 is 44.1. The summed E-state index contributed by atoms with van der Waals surface area (Å²) in [7, 11) is -6.87. The zero-order valence-corrected chi connectivity index (χ0v) is 11.2. The van der Waals surface area contributed by atoms with E-state index in [-0.39, 0.29) is 12.4 Å². The number of sulfonamides is 1. The van der Waals surface area contributed by atoms with Crippen molar-refractivity contribution in [1.29, 1.82) is 0 Å². The summed E-state index contributed by atoms with van der Waals surface area (Å²) >= 11 is 0. The number of primary sulfonamides is 1. The Labute approximate surface area is 97.5 Å². The first-order valence-electron chi connectivity index (χ1n) is 4.80. The summed E-state index contributed by atoms with van der Waals surface area (Å²) in [4.78, 5) is 0. The Balaban J connectivity index is 0. The molecule has 0 heterocycles. The van der Waals surface area contributed by atoms with E-state index in [0.717, 1.165) is 12.8 Å². The lowest BCUT2D eigenvalue weighted by Gasteiger charge is -1.94.